The van der Waals surface area contributed by atoms with Crippen LogP contribution in [-0.2, 0) is 14.8 Å². The lowest BCUT2D eigenvalue weighted by Gasteiger charge is -2.21. The second-order valence-corrected chi connectivity index (χ2v) is 9.34. The van der Waals surface area contributed by atoms with Crippen molar-refractivity contribution in [1.82, 2.24) is 15.2 Å². The summed E-state index contributed by atoms with van der Waals surface area (Å²) in [6.45, 7) is 0.805. The van der Waals surface area contributed by atoms with Gasteiger partial charge in [-0.15, -0.1) is 0 Å². The van der Waals surface area contributed by atoms with Crippen LogP contribution in [0.25, 0.3) is 0 Å². The minimum absolute atomic E-state index is 0.139. The molecule has 0 atom stereocenters. The lowest BCUT2D eigenvalue weighted by molar-refractivity contribution is -0.120. The monoisotopic (exact) mass is 460 g/mol. The molecular weight excluding hydrogens is 432 g/mol. The fourth-order valence-corrected chi connectivity index (χ4v) is 4.97. The minimum Gasteiger partial charge on any atom is -0.495 e. The molecule has 2 aromatic rings. The lowest BCUT2D eigenvalue weighted by Crippen LogP contribution is -2.44. The highest BCUT2D eigenvalue weighted by atomic mass is 32.2. The molecule has 2 aromatic carbocycles. The molecular formula is C22H28N4O5S. The van der Waals surface area contributed by atoms with Crippen LogP contribution >= 0.6 is 0 Å². The third-order valence-electron chi connectivity index (χ3n) is 5.16. The highest BCUT2D eigenvalue weighted by Crippen LogP contribution is 2.29. The van der Waals surface area contributed by atoms with Gasteiger partial charge in [0.2, 0.25) is 10.0 Å². The maximum Gasteiger partial charge on any atom is 0.269 e. The van der Waals surface area contributed by atoms with Gasteiger partial charge >= 0.3 is 0 Å². The van der Waals surface area contributed by atoms with Crippen molar-refractivity contribution in [1.29, 1.82) is 0 Å². The van der Waals surface area contributed by atoms with Crippen molar-refractivity contribution in [2.75, 3.05) is 32.1 Å². The average Bonchev–Trinajstić information content (AvgIpc) is 3.12. The quantitative estimate of drug-likeness (QED) is 0.545. The van der Waals surface area contributed by atoms with E-state index < -0.39 is 21.8 Å². The van der Waals surface area contributed by atoms with Crippen LogP contribution in [0.5, 0.6) is 5.75 Å². The number of carbonyl (C=O) groups is 2. The van der Waals surface area contributed by atoms with E-state index in [-0.39, 0.29) is 11.4 Å². The summed E-state index contributed by atoms with van der Waals surface area (Å²) >= 11 is 0. The first kappa shape index (κ1) is 23.6. The largest absolute Gasteiger partial charge is 0.495 e. The number of rotatable bonds is 7. The maximum atomic E-state index is 13.1. The third-order valence-corrected chi connectivity index (χ3v) is 7.06. The highest BCUT2D eigenvalue weighted by molar-refractivity contribution is 7.89. The van der Waals surface area contributed by atoms with Crippen molar-refractivity contribution in [2.24, 2.45) is 0 Å². The minimum atomic E-state index is -3.64. The van der Waals surface area contributed by atoms with Crippen molar-refractivity contribution in [3.05, 3.63) is 54.1 Å². The molecule has 1 fully saturated rings. The van der Waals surface area contributed by atoms with Crippen molar-refractivity contribution in [3.63, 3.8) is 0 Å². The van der Waals surface area contributed by atoms with E-state index in [1.165, 1.54) is 23.5 Å². The van der Waals surface area contributed by atoms with Crippen LogP contribution in [-0.4, -0.2) is 51.3 Å². The number of benzene rings is 2. The fourth-order valence-electron chi connectivity index (χ4n) is 3.42. The Morgan fingerprint density at radius 3 is 2.31 bits per heavy atom. The number of hydrogen-bond donors (Lipinski definition) is 3. The summed E-state index contributed by atoms with van der Waals surface area (Å²) in [4.78, 5) is 24.3. The van der Waals surface area contributed by atoms with Crippen molar-refractivity contribution >= 4 is 27.5 Å². The van der Waals surface area contributed by atoms with E-state index >= 15 is 0 Å². The zero-order valence-electron chi connectivity index (χ0n) is 18.0. The Morgan fingerprint density at radius 1 is 0.969 bits per heavy atom. The zero-order chi connectivity index (χ0) is 23.0. The maximum absolute atomic E-state index is 13.1. The van der Waals surface area contributed by atoms with Gasteiger partial charge in [-0.1, -0.05) is 31.0 Å². The predicted octanol–water partition coefficient (Wildman–Crippen LogP) is 2.13. The number of sulfonamides is 1. The van der Waals surface area contributed by atoms with Gasteiger partial charge in [0.15, 0.2) is 0 Å². The van der Waals surface area contributed by atoms with Crippen LogP contribution in [0.15, 0.2) is 53.4 Å². The Kier molecular flexibility index (Phi) is 8.07. The van der Waals surface area contributed by atoms with Crippen LogP contribution in [0.3, 0.4) is 0 Å². The number of hydrazine groups is 1. The molecule has 32 heavy (non-hydrogen) atoms. The molecule has 3 rings (SSSR count). The van der Waals surface area contributed by atoms with E-state index in [2.05, 4.69) is 16.2 Å². The summed E-state index contributed by atoms with van der Waals surface area (Å²) in [5, 5.41) is 2.88. The van der Waals surface area contributed by atoms with Crippen molar-refractivity contribution in [3.8, 4) is 5.75 Å². The summed E-state index contributed by atoms with van der Waals surface area (Å²) in [6, 6.07) is 13.0. The van der Waals surface area contributed by atoms with Crippen LogP contribution in [0.4, 0.5) is 5.69 Å². The van der Waals surface area contributed by atoms with E-state index in [1.54, 1.807) is 36.4 Å². The summed E-state index contributed by atoms with van der Waals surface area (Å²) in [5.41, 5.74) is 5.44. The van der Waals surface area contributed by atoms with Crippen molar-refractivity contribution < 1.29 is 22.7 Å². The summed E-state index contributed by atoms with van der Waals surface area (Å²) in [5.74, 6) is -0.542. The number of ether oxygens (including phenoxy) is 1. The SMILES string of the molecule is COc1ccc(S(=O)(=O)N2CCCCCC2)cc1NCC(=O)NNC(=O)c1ccccc1. The smallest absolute Gasteiger partial charge is 0.269 e. The molecule has 10 heteroatoms. The Labute approximate surface area is 188 Å². The Bertz CT molecular complexity index is 1040. The molecule has 1 saturated heterocycles. The number of anilines is 1. The van der Waals surface area contributed by atoms with Crippen molar-refractivity contribution in [2.45, 2.75) is 30.6 Å². The fraction of sp³-hybridized carbons (Fsp3) is 0.364. The molecule has 0 aliphatic carbocycles. The number of nitrogens with zero attached hydrogens (tertiary/aromatic N) is 1. The molecule has 0 saturated carbocycles. The molecule has 1 aliphatic rings. The van der Waals surface area contributed by atoms with Gasteiger partial charge in [-0.25, -0.2) is 8.42 Å². The first-order valence-corrected chi connectivity index (χ1v) is 11.9. The standard InChI is InChI=1S/C22H28N4O5S/c1-31-20-12-11-18(32(29,30)26-13-7-2-3-8-14-26)15-19(20)23-16-21(27)24-25-22(28)17-9-5-4-6-10-17/h4-6,9-12,15,23H,2-3,7-8,13-14,16H2,1H3,(H,24,27)(H,25,28). The van der Waals surface area contributed by atoms with Gasteiger partial charge in [0.05, 0.1) is 24.2 Å². The van der Waals surface area contributed by atoms with Crippen LogP contribution in [0, 0.1) is 0 Å². The molecule has 9 nitrogen and oxygen atoms in total. The summed E-state index contributed by atoms with van der Waals surface area (Å²) in [7, 11) is -2.18. The number of amides is 2. The van der Waals surface area contributed by atoms with Crippen LogP contribution in [0.1, 0.15) is 36.0 Å². The van der Waals surface area contributed by atoms with Gasteiger partial charge < -0.3 is 10.1 Å². The molecule has 0 unspecified atom stereocenters. The van der Waals surface area contributed by atoms with Gasteiger partial charge in [0.25, 0.3) is 11.8 Å². The first-order valence-electron chi connectivity index (χ1n) is 10.5. The average molecular weight is 461 g/mol. The second kappa shape index (κ2) is 11.0. The molecule has 0 radical (unpaired) electrons. The van der Waals surface area contributed by atoms with E-state index in [0.717, 1.165) is 25.7 Å². The predicted molar refractivity (Wildman–Crippen MR) is 121 cm³/mol. The van der Waals surface area contributed by atoms with Crippen LogP contribution < -0.4 is 20.9 Å². The normalized spacial score (nSPS) is 14.8. The Balaban J connectivity index is 1.64. The Morgan fingerprint density at radius 2 is 1.66 bits per heavy atom. The molecule has 2 amide bonds. The van der Waals surface area contributed by atoms with Gasteiger partial charge in [0, 0.05) is 18.7 Å². The van der Waals surface area contributed by atoms with E-state index in [9.17, 15) is 18.0 Å². The molecule has 1 aliphatic heterocycles. The first-order chi connectivity index (χ1) is 15.4. The highest BCUT2D eigenvalue weighted by Gasteiger charge is 2.26. The molecule has 0 bridgehead atoms. The lowest BCUT2D eigenvalue weighted by atomic mass is 10.2. The third kappa shape index (κ3) is 5.98. The Hall–Kier alpha value is -3.11. The van der Waals surface area contributed by atoms with E-state index in [1.807, 2.05) is 0 Å². The van der Waals surface area contributed by atoms with E-state index in [0.29, 0.717) is 30.1 Å². The van der Waals surface area contributed by atoms with Gasteiger partial charge in [-0.3, -0.25) is 20.4 Å². The zero-order valence-corrected chi connectivity index (χ0v) is 18.8. The van der Waals surface area contributed by atoms with E-state index in [4.69, 9.17) is 4.74 Å². The molecule has 172 valence electrons. The molecule has 3 N–H and O–H groups in total. The van der Waals surface area contributed by atoms with Crippen LogP contribution in [0.2, 0.25) is 0 Å². The number of nitrogens with one attached hydrogen (secondary N) is 3. The summed E-state index contributed by atoms with van der Waals surface area (Å²) < 4.78 is 33.0. The number of methoxy groups -OCH3 is 1. The molecule has 1 heterocycles. The number of carbonyl (C=O) groups excluding carboxylic acids is 2. The number of hydrogen-bond acceptors (Lipinski definition) is 6. The summed E-state index contributed by atoms with van der Waals surface area (Å²) in [6.07, 6.45) is 3.74. The molecule has 0 aromatic heterocycles. The van der Waals surface area contributed by atoms with Gasteiger partial charge in [-0.05, 0) is 43.2 Å². The molecule has 0 spiro atoms. The van der Waals surface area contributed by atoms with Gasteiger partial charge in [0.1, 0.15) is 5.75 Å². The topological polar surface area (TPSA) is 117 Å². The second-order valence-electron chi connectivity index (χ2n) is 7.40. The van der Waals surface area contributed by atoms with Gasteiger partial charge in [-0.2, -0.15) is 4.31 Å².